The van der Waals surface area contributed by atoms with E-state index in [2.05, 4.69) is 15.9 Å². The van der Waals surface area contributed by atoms with Crippen molar-refractivity contribution in [2.45, 2.75) is 6.18 Å². The summed E-state index contributed by atoms with van der Waals surface area (Å²) in [6, 6.07) is 5.61. The van der Waals surface area contributed by atoms with Crippen molar-refractivity contribution in [3.63, 3.8) is 0 Å². The lowest BCUT2D eigenvalue weighted by Crippen LogP contribution is -2.42. The van der Waals surface area contributed by atoms with E-state index in [1.54, 1.807) is 0 Å². The van der Waals surface area contributed by atoms with E-state index in [0.29, 0.717) is 4.47 Å². The van der Waals surface area contributed by atoms with E-state index >= 15 is 0 Å². The predicted octanol–water partition coefficient (Wildman–Crippen LogP) is 2.54. The van der Waals surface area contributed by atoms with E-state index in [9.17, 15) is 22.8 Å². The number of hydrogen-bond donors (Lipinski definition) is 1. The number of carboxylic acids is 1. The highest BCUT2D eigenvalue weighted by Crippen LogP contribution is 2.19. The molecule has 19 heavy (non-hydrogen) atoms. The Labute approximate surface area is 114 Å². The van der Waals surface area contributed by atoms with Crippen LogP contribution in [0.5, 0.6) is 0 Å². The average molecular weight is 340 g/mol. The fraction of sp³-hybridized carbons (Fsp3) is 0.273. The van der Waals surface area contributed by atoms with Gasteiger partial charge >= 0.3 is 12.1 Å². The van der Waals surface area contributed by atoms with E-state index in [1.165, 1.54) is 24.3 Å². The maximum absolute atomic E-state index is 12.3. The van der Waals surface area contributed by atoms with Crippen molar-refractivity contribution in [3.05, 3.63) is 34.3 Å². The van der Waals surface area contributed by atoms with E-state index < -0.39 is 31.1 Å². The molecule has 0 aliphatic heterocycles. The van der Waals surface area contributed by atoms with Gasteiger partial charge in [-0.2, -0.15) is 13.2 Å². The zero-order valence-corrected chi connectivity index (χ0v) is 11.0. The molecule has 0 atom stereocenters. The minimum atomic E-state index is -4.65. The number of carboxylic acid groups (broad SMARTS) is 1. The molecule has 8 heteroatoms. The molecule has 0 saturated heterocycles. The minimum Gasteiger partial charge on any atom is -0.480 e. The lowest BCUT2D eigenvalue weighted by molar-refractivity contribution is -0.149. The molecule has 0 aliphatic carbocycles. The van der Waals surface area contributed by atoms with E-state index in [1.807, 2.05) is 0 Å². The van der Waals surface area contributed by atoms with Crippen molar-refractivity contribution < 1.29 is 27.9 Å². The van der Waals surface area contributed by atoms with Gasteiger partial charge in [0.2, 0.25) is 0 Å². The highest BCUT2D eigenvalue weighted by Gasteiger charge is 2.34. The van der Waals surface area contributed by atoms with Crippen LogP contribution in [-0.2, 0) is 4.79 Å². The third-order valence-electron chi connectivity index (χ3n) is 2.07. The average Bonchev–Trinajstić information content (AvgIpc) is 2.25. The molecular formula is C11H9BrF3NO3. The quantitative estimate of drug-likeness (QED) is 0.917. The summed E-state index contributed by atoms with van der Waals surface area (Å²) < 4.78 is 37.6. The van der Waals surface area contributed by atoms with Gasteiger partial charge in [0, 0.05) is 10.0 Å². The Bertz CT molecular complexity index is 473. The standard InChI is InChI=1S/C11H9BrF3NO3/c12-8-3-1-7(2-4-8)10(19)16(5-9(17)18)6-11(13,14)15/h1-4H,5-6H2,(H,17,18). The number of rotatable bonds is 4. The highest BCUT2D eigenvalue weighted by atomic mass is 79.9. The second kappa shape index (κ2) is 6.05. The van der Waals surface area contributed by atoms with Gasteiger partial charge in [-0.05, 0) is 24.3 Å². The molecule has 1 aromatic carbocycles. The topological polar surface area (TPSA) is 57.6 Å². The van der Waals surface area contributed by atoms with Crippen molar-refractivity contribution in [3.8, 4) is 0 Å². The van der Waals surface area contributed by atoms with Gasteiger partial charge in [-0.15, -0.1) is 0 Å². The fourth-order valence-electron chi connectivity index (χ4n) is 1.35. The van der Waals surface area contributed by atoms with Crippen molar-refractivity contribution in [1.82, 2.24) is 4.90 Å². The smallest absolute Gasteiger partial charge is 0.406 e. The van der Waals surface area contributed by atoms with E-state index in [0.717, 1.165) is 0 Å². The van der Waals surface area contributed by atoms with Crippen molar-refractivity contribution in [2.24, 2.45) is 0 Å². The molecule has 104 valence electrons. The molecule has 0 heterocycles. The summed E-state index contributed by atoms with van der Waals surface area (Å²) in [5.41, 5.74) is -0.00583. The van der Waals surface area contributed by atoms with Crippen LogP contribution in [0.4, 0.5) is 13.2 Å². The number of nitrogens with zero attached hydrogens (tertiary/aromatic N) is 1. The van der Waals surface area contributed by atoms with Crippen LogP contribution in [0.1, 0.15) is 10.4 Å². The first-order valence-corrected chi connectivity index (χ1v) is 5.82. The lowest BCUT2D eigenvalue weighted by atomic mass is 10.2. The number of hydrogen-bond acceptors (Lipinski definition) is 2. The number of amides is 1. The lowest BCUT2D eigenvalue weighted by Gasteiger charge is -2.22. The molecule has 1 aromatic rings. The third kappa shape index (κ3) is 5.29. The van der Waals surface area contributed by atoms with Gasteiger partial charge in [0.05, 0.1) is 0 Å². The summed E-state index contributed by atoms with van der Waals surface area (Å²) in [4.78, 5) is 22.6. The summed E-state index contributed by atoms with van der Waals surface area (Å²) in [6.45, 7) is -2.61. The monoisotopic (exact) mass is 339 g/mol. The molecule has 0 bridgehead atoms. The first-order valence-electron chi connectivity index (χ1n) is 5.02. The van der Waals surface area contributed by atoms with Crippen molar-refractivity contribution >= 4 is 27.8 Å². The van der Waals surface area contributed by atoms with Crippen molar-refractivity contribution in [1.29, 1.82) is 0 Å². The van der Waals surface area contributed by atoms with E-state index in [4.69, 9.17) is 5.11 Å². The number of benzene rings is 1. The maximum atomic E-state index is 12.3. The second-order valence-corrected chi connectivity index (χ2v) is 4.59. The summed E-state index contributed by atoms with van der Waals surface area (Å²) in [5, 5.41) is 8.55. The van der Waals surface area contributed by atoms with Crippen LogP contribution in [-0.4, -0.2) is 41.1 Å². The van der Waals surface area contributed by atoms with Crippen LogP contribution in [0.15, 0.2) is 28.7 Å². The summed E-state index contributed by atoms with van der Waals surface area (Å²) in [6.07, 6.45) is -4.65. The molecule has 0 unspecified atom stereocenters. The Kier molecular flexibility index (Phi) is 4.93. The van der Waals surface area contributed by atoms with Crippen molar-refractivity contribution in [2.75, 3.05) is 13.1 Å². The van der Waals surface area contributed by atoms with Crippen LogP contribution in [0.2, 0.25) is 0 Å². The van der Waals surface area contributed by atoms with Gasteiger partial charge in [0.25, 0.3) is 5.91 Å². The molecule has 0 aliphatic rings. The van der Waals surface area contributed by atoms with Gasteiger partial charge in [-0.25, -0.2) is 0 Å². The van der Waals surface area contributed by atoms with Gasteiger partial charge < -0.3 is 10.0 Å². The molecule has 4 nitrogen and oxygen atoms in total. The number of carbonyl (C=O) groups excluding carboxylic acids is 1. The Morgan fingerprint density at radius 3 is 2.16 bits per heavy atom. The van der Waals surface area contributed by atoms with Gasteiger partial charge in [-0.1, -0.05) is 15.9 Å². The Morgan fingerprint density at radius 2 is 1.74 bits per heavy atom. The van der Waals surface area contributed by atoms with Crippen LogP contribution in [0, 0.1) is 0 Å². The number of carbonyl (C=O) groups is 2. The van der Waals surface area contributed by atoms with Crippen LogP contribution in [0.3, 0.4) is 0 Å². The summed E-state index contributed by atoms with van der Waals surface area (Å²) in [7, 11) is 0. The predicted molar refractivity (Wildman–Crippen MR) is 63.7 cm³/mol. The first kappa shape index (κ1) is 15.5. The molecule has 1 rings (SSSR count). The summed E-state index contributed by atoms with van der Waals surface area (Å²) in [5.74, 6) is -2.48. The van der Waals surface area contributed by atoms with Gasteiger partial charge in [-0.3, -0.25) is 9.59 Å². The third-order valence-corrected chi connectivity index (χ3v) is 2.60. The van der Waals surface area contributed by atoms with Crippen LogP contribution < -0.4 is 0 Å². The molecule has 0 aromatic heterocycles. The molecule has 0 saturated carbocycles. The Balaban J connectivity index is 2.93. The Morgan fingerprint density at radius 1 is 1.21 bits per heavy atom. The zero-order valence-electron chi connectivity index (χ0n) is 9.45. The maximum Gasteiger partial charge on any atom is 0.406 e. The fourth-order valence-corrected chi connectivity index (χ4v) is 1.62. The second-order valence-electron chi connectivity index (χ2n) is 3.68. The highest BCUT2D eigenvalue weighted by molar-refractivity contribution is 9.10. The molecular weight excluding hydrogens is 331 g/mol. The van der Waals surface area contributed by atoms with Gasteiger partial charge in [0.15, 0.2) is 0 Å². The van der Waals surface area contributed by atoms with Crippen LogP contribution in [0.25, 0.3) is 0 Å². The molecule has 0 radical (unpaired) electrons. The van der Waals surface area contributed by atoms with Crippen LogP contribution >= 0.6 is 15.9 Å². The zero-order chi connectivity index (χ0) is 14.6. The first-order chi connectivity index (χ1) is 8.69. The number of halogens is 4. The molecule has 1 amide bonds. The number of alkyl halides is 3. The minimum absolute atomic E-state index is 0.00583. The van der Waals surface area contributed by atoms with E-state index in [-0.39, 0.29) is 10.5 Å². The Hall–Kier alpha value is -1.57. The normalized spacial score (nSPS) is 11.2. The SMILES string of the molecule is O=C(O)CN(CC(F)(F)F)C(=O)c1ccc(Br)cc1. The largest absolute Gasteiger partial charge is 0.480 e. The molecule has 0 spiro atoms. The summed E-state index contributed by atoms with van der Waals surface area (Å²) >= 11 is 3.12. The number of aliphatic carboxylic acids is 1. The molecule has 0 fully saturated rings. The van der Waals surface area contributed by atoms with Gasteiger partial charge in [0.1, 0.15) is 13.1 Å². The molecule has 1 N–H and O–H groups in total.